The van der Waals surface area contributed by atoms with Gasteiger partial charge in [-0.3, -0.25) is 9.63 Å². The van der Waals surface area contributed by atoms with Gasteiger partial charge in [-0.05, 0) is 32.9 Å². The van der Waals surface area contributed by atoms with Crippen molar-refractivity contribution >= 4 is 17.7 Å². The fourth-order valence-corrected chi connectivity index (χ4v) is 2.86. The second-order valence-corrected chi connectivity index (χ2v) is 5.28. The number of nitrogens with one attached hydrogen (secondary N) is 1. The first-order valence-electron chi connectivity index (χ1n) is 6.55. The number of thioether (sulfide) groups is 1. The molecule has 0 unspecified atom stereocenters. The Hall–Kier alpha value is -1.86. The number of nitrogens with zero attached hydrogens (tertiary/aromatic N) is 2. The van der Waals surface area contributed by atoms with E-state index in [1.807, 2.05) is 13.8 Å². The number of aryl methyl sites for hydroxylation is 2. The lowest BCUT2D eigenvalue weighted by atomic mass is 10.2. The number of hydroxylamine groups is 1. The molecule has 0 radical (unpaired) electrons. The van der Waals surface area contributed by atoms with Crippen molar-refractivity contribution in [2.24, 2.45) is 0 Å². The molecule has 0 spiro atoms. The monoisotopic (exact) mass is 307 g/mol. The van der Waals surface area contributed by atoms with Crippen LogP contribution in [0, 0.1) is 13.8 Å². The predicted octanol–water partition coefficient (Wildman–Crippen LogP) is 2.66. The topological polar surface area (TPSA) is 77.2 Å². The fourth-order valence-electron chi connectivity index (χ4n) is 1.72. The summed E-state index contributed by atoms with van der Waals surface area (Å²) < 4.78 is 5.13. The summed E-state index contributed by atoms with van der Waals surface area (Å²) in [6, 6.07) is 3.44. The third-order valence-electron chi connectivity index (χ3n) is 2.86. The number of carbonyl (C=O) groups excluding carboxylic acids is 1. The quantitative estimate of drug-likeness (QED) is 0.653. The van der Waals surface area contributed by atoms with E-state index in [1.54, 1.807) is 25.3 Å². The van der Waals surface area contributed by atoms with Gasteiger partial charge in [-0.1, -0.05) is 5.16 Å². The zero-order chi connectivity index (χ0) is 15.2. The van der Waals surface area contributed by atoms with Gasteiger partial charge in [-0.15, -0.1) is 11.8 Å². The van der Waals surface area contributed by atoms with Gasteiger partial charge in [0, 0.05) is 17.5 Å². The Kier molecular flexibility index (Phi) is 5.35. The lowest BCUT2D eigenvalue weighted by Crippen LogP contribution is -2.24. The van der Waals surface area contributed by atoms with Crippen LogP contribution in [0.2, 0.25) is 0 Å². The van der Waals surface area contributed by atoms with E-state index in [-0.39, 0.29) is 5.91 Å². The number of hydrogen-bond donors (Lipinski definition) is 1. The molecular weight excluding hydrogens is 290 g/mol. The molecule has 0 aromatic carbocycles. The number of amides is 1. The lowest BCUT2D eigenvalue weighted by Gasteiger charge is -2.08. The van der Waals surface area contributed by atoms with Crippen molar-refractivity contribution < 1.29 is 14.2 Å². The Morgan fingerprint density at radius 3 is 2.95 bits per heavy atom. The molecule has 0 atom stereocenters. The predicted molar refractivity (Wildman–Crippen MR) is 78.9 cm³/mol. The molecule has 0 bridgehead atoms. The van der Waals surface area contributed by atoms with E-state index in [9.17, 15) is 4.79 Å². The number of aromatic nitrogens is 2. The first-order valence-corrected chi connectivity index (χ1v) is 7.53. The molecule has 7 heteroatoms. The van der Waals surface area contributed by atoms with E-state index in [0.29, 0.717) is 22.9 Å². The maximum absolute atomic E-state index is 12.0. The summed E-state index contributed by atoms with van der Waals surface area (Å²) in [6.45, 7) is 5.98. The maximum Gasteiger partial charge on any atom is 0.277 e. The van der Waals surface area contributed by atoms with Gasteiger partial charge < -0.3 is 4.52 Å². The van der Waals surface area contributed by atoms with Gasteiger partial charge in [0.15, 0.2) is 0 Å². The SMILES string of the molecule is CCONC(=O)c1cccnc1SCc1c(C)noc1C. The summed E-state index contributed by atoms with van der Waals surface area (Å²) in [7, 11) is 0. The van der Waals surface area contributed by atoms with Crippen molar-refractivity contribution in [3.05, 3.63) is 40.9 Å². The number of hydrogen-bond acceptors (Lipinski definition) is 6. The first kappa shape index (κ1) is 15.5. The molecule has 0 aliphatic heterocycles. The van der Waals surface area contributed by atoms with Crippen LogP contribution in [0.1, 0.15) is 34.3 Å². The molecule has 2 rings (SSSR count). The molecule has 112 valence electrons. The van der Waals surface area contributed by atoms with Crippen molar-refractivity contribution in [2.75, 3.05) is 6.61 Å². The van der Waals surface area contributed by atoms with E-state index in [4.69, 9.17) is 9.36 Å². The molecule has 2 aromatic heterocycles. The molecular formula is C14H17N3O3S. The Morgan fingerprint density at radius 1 is 1.48 bits per heavy atom. The van der Waals surface area contributed by atoms with Crippen molar-refractivity contribution in [3.8, 4) is 0 Å². The molecule has 1 N–H and O–H groups in total. The number of pyridine rings is 1. The van der Waals surface area contributed by atoms with Crippen molar-refractivity contribution in [1.82, 2.24) is 15.6 Å². The van der Waals surface area contributed by atoms with Crippen LogP contribution in [-0.4, -0.2) is 22.7 Å². The highest BCUT2D eigenvalue weighted by Crippen LogP contribution is 2.27. The fraction of sp³-hybridized carbons (Fsp3) is 0.357. The van der Waals surface area contributed by atoms with Gasteiger partial charge in [0.2, 0.25) is 0 Å². The molecule has 0 saturated carbocycles. The van der Waals surface area contributed by atoms with Crippen molar-refractivity contribution in [2.45, 2.75) is 31.6 Å². The van der Waals surface area contributed by atoms with Crippen LogP contribution >= 0.6 is 11.8 Å². The van der Waals surface area contributed by atoms with Crippen LogP contribution in [0.15, 0.2) is 27.9 Å². The van der Waals surface area contributed by atoms with Crippen LogP contribution in [-0.2, 0) is 10.6 Å². The minimum absolute atomic E-state index is 0.300. The van der Waals surface area contributed by atoms with Crippen molar-refractivity contribution in [3.63, 3.8) is 0 Å². The summed E-state index contributed by atoms with van der Waals surface area (Å²) in [4.78, 5) is 21.2. The first-order chi connectivity index (χ1) is 10.1. The van der Waals surface area contributed by atoms with Crippen LogP contribution in [0.25, 0.3) is 0 Å². The Labute approximate surface area is 127 Å². The molecule has 1 amide bonds. The third kappa shape index (κ3) is 3.83. The molecule has 2 aromatic rings. The van der Waals surface area contributed by atoms with Gasteiger partial charge in [0.25, 0.3) is 5.91 Å². The molecule has 0 aliphatic rings. The summed E-state index contributed by atoms with van der Waals surface area (Å²) in [5.41, 5.74) is 4.76. The minimum Gasteiger partial charge on any atom is -0.361 e. The largest absolute Gasteiger partial charge is 0.361 e. The third-order valence-corrected chi connectivity index (χ3v) is 3.89. The Morgan fingerprint density at radius 2 is 2.29 bits per heavy atom. The van der Waals surface area contributed by atoms with E-state index in [2.05, 4.69) is 15.6 Å². The normalized spacial score (nSPS) is 10.6. The van der Waals surface area contributed by atoms with Crippen LogP contribution in [0.4, 0.5) is 0 Å². The average molecular weight is 307 g/mol. The zero-order valence-corrected chi connectivity index (χ0v) is 13.0. The van der Waals surface area contributed by atoms with Gasteiger partial charge >= 0.3 is 0 Å². The van der Waals surface area contributed by atoms with Gasteiger partial charge in [0.05, 0.1) is 17.9 Å². The molecule has 0 fully saturated rings. The van der Waals surface area contributed by atoms with Crippen molar-refractivity contribution in [1.29, 1.82) is 0 Å². The Balaban J connectivity index is 2.12. The highest BCUT2D eigenvalue weighted by atomic mass is 32.2. The van der Waals surface area contributed by atoms with Crippen LogP contribution < -0.4 is 5.48 Å². The Bertz CT molecular complexity index is 608. The molecule has 0 saturated heterocycles. The van der Waals surface area contributed by atoms with E-state index >= 15 is 0 Å². The second-order valence-electron chi connectivity index (χ2n) is 4.31. The van der Waals surface area contributed by atoms with E-state index < -0.39 is 0 Å². The highest BCUT2D eigenvalue weighted by molar-refractivity contribution is 7.98. The maximum atomic E-state index is 12.0. The summed E-state index contributed by atoms with van der Waals surface area (Å²) >= 11 is 1.47. The average Bonchev–Trinajstić information content (AvgIpc) is 2.82. The van der Waals surface area contributed by atoms with Crippen LogP contribution in [0.3, 0.4) is 0 Å². The summed E-state index contributed by atoms with van der Waals surface area (Å²) in [5.74, 6) is 1.13. The minimum atomic E-state index is -0.300. The molecule has 6 nitrogen and oxygen atoms in total. The molecule has 2 heterocycles. The van der Waals surface area contributed by atoms with E-state index in [0.717, 1.165) is 17.0 Å². The standard InChI is InChI=1S/C14H17N3O3S/c1-4-19-17-13(18)11-6-5-7-15-14(11)21-8-12-9(2)16-20-10(12)3/h5-7H,4,8H2,1-3H3,(H,17,18). The highest BCUT2D eigenvalue weighted by Gasteiger charge is 2.15. The van der Waals surface area contributed by atoms with Gasteiger partial charge in [-0.2, -0.15) is 0 Å². The van der Waals surface area contributed by atoms with E-state index in [1.165, 1.54) is 11.8 Å². The summed E-state index contributed by atoms with van der Waals surface area (Å²) in [6.07, 6.45) is 1.66. The smallest absolute Gasteiger partial charge is 0.277 e. The van der Waals surface area contributed by atoms with Gasteiger partial charge in [0.1, 0.15) is 10.8 Å². The number of rotatable bonds is 6. The second kappa shape index (κ2) is 7.24. The number of carbonyl (C=O) groups is 1. The van der Waals surface area contributed by atoms with Gasteiger partial charge in [-0.25, -0.2) is 10.5 Å². The zero-order valence-electron chi connectivity index (χ0n) is 12.2. The lowest BCUT2D eigenvalue weighted by molar-refractivity contribution is 0.0361. The summed E-state index contributed by atoms with van der Waals surface area (Å²) in [5, 5.41) is 4.57. The molecule has 0 aliphatic carbocycles. The van der Waals surface area contributed by atoms with Crippen LogP contribution in [0.5, 0.6) is 0 Å². The molecule has 21 heavy (non-hydrogen) atoms.